The molecule has 0 saturated heterocycles. The summed E-state index contributed by atoms with van der Waals surface area (Å²) in [6.07, 6.45) is 16.8. The van der Waals surface area contributed by atoms with E-state index in [1.54, 1.807) is 6.08 Å². The number of carbonyl (C=O) groups excluding carboxylic acids is 1. The number of nitrogens with one attached hydrogen (secondary N) is 1. The minimum absolute atomic E-state index is 0.119. The Labute approximate surface area is 136 Å². The first-order valence-electron chi connectivity index (χ1n) is 8.05. The fraction of sp³-hybridized carbons (Fsp3) is 0.100. The zero-order valence-corrected chi connectivity index (χ0v) is 12.7. The number of rotatable bonds is 0. The number of anilines is 1. The summed E-state index contributed by atoms with van der Waals surface area (Å²) in [7, 11) is 0. The molecule has 4 heteroatoms. The van der Waals surface area contributed by atoms with Crippen LogP contribution < -0.4 is 26.5 Å². The highest BCUT2D eigenvalue weighted by molar-refractivity contribution is 6.09. The van der Waals surface area contributed by atoms with Crippen LogP contribution in [0.25, 0.3) is 28.7 Å². The van der Waals surface area contributed by atoms with Crippen molar-refractivity contribution in [3.63, 3.8) is 0 Å². The highest BCUT2D eigenvalue weighted by Gasteiger charge is 2.28. The molecule has 1 aromatic heterocycles. The molecule has 2 aliphatic heterocycles. The maximum Gasteiger partial charge on any atom is 0.270 e. The van der Waals surface area contributed by atoms with E-state index in [0.29, 0.717) is 0 Å². The number of amides is 1. The average Bonchev–Trinajstić information content (AvgIpc) is 3.25. The minimum Gasteiger partial charge on any atom is -0.454 e. The zero-order valence-electron chi connectivity index (χ0n) is 12.7. The molecule has 3 heterocycles. The zero-order chi connectivity index (χ0) is 15.8. The van der Waals surface area contributed by atoms with E-state index in [2.05, 4.69) is 28.5 Å². The van der Waals surface area contributed by atoms with Gasteiger partial charge in [0.2, 0.25) is 0 Å². The molecule has 114 valence electrons. The maximum absolute atomic E-state index is 12.1. The molecule has 24 heavy (non-hydrogen) atoms. The van der Waals surface area contributed by atoms with Crippen LogP contribution in [-0.2, 0) is 11.2 Å². The van der Waals surface area contributed by atoms with E-state index >= 15 is 0 Å². The van der Waals surface area contributed by atoms with E-state index < -0.39 is 0 Å². The molecular formula is C20H12N2O2. The molecule has 0 spiro atoms. The van der Waals surface area contributed by atoms with Crippen LogP contribution in [-0.4, -0.2) is 11.9 Å². The lowest BCUT2D eigenvalue weighted by molar-refractivity contribution is -0.112. The summed E-state index contributed by atoms with van der Waals surface area (Å²) in [5.41, 5.74) is 4.94. The molecule has 6 rings (SSSR count). The van der Waals surface area contributed by atoms with Gasteiger partial charge in [-0.05, 0) is 18.1 Å². The second-order valence-corrected chi connectivity index (χ2v) is 6.38. The summed E-state index contributed by atoms with van der Waals surface area (Å²) in [6, 6.07) is 0.119. The third kappa shape index (κ3) is 1.35. The van der Waals surface area contributed by atoms with Crippen LogP contribution in [0, 0.1) is 0 Å². The van der Waals surface area contributed by atoms with E-state index in [-0.39, 0.29) is 11.9 Å². The number of hydrogen-bond acceptors (Lipinski definition) is 3. The molecular weight excluding hydrogens is 300 g/mol. The molecule has 1 unspecified atom stereocenters. The fourth-order valence-corrected chi connectivity index (χ4v) is 4.11. The summed E-state index contributed by atoms with van der Waals surface area (Å²) in [5, 5.41) is 7.27. The van der Waals surface area contributed by atoms with Gasteiger partial charge in [0, 0.05) is 22.1 Å². The van der Waals surface area contributed by atoms with Crippen molar-refractivity contribution >= 4 is 40.3 Å². The minimum atomic E-state index is -0.190. The SMILES string of the molecule is O=C1C=c2c3c(c4oc5c(c4c2=N1)CC=CC=5)NC1C=CC=CC=31. The quantitative estimate of drug-likeness (QED) is 0.763. The van der Waals surface area contributed by atoms with Gasteiger partial charge in [0.25, 0.3) is 5.91 Å². The van der Waals surface area contributed by atoms with E-state index in [0.717, 1.165) is 49.9 Å². The van der Waals surface area contributed by atoms with Crippen molar-refractivity contribution in [1.82, 2.24) is 0 Å². The van der Waals surface area contributed by atoms with Gasteiger partial charge in [-0.25, -0.2) is 4.99 Å². The maximum atomic E-state index is 12.1. The van der Waals surface area contributed by atoms with Crippen molar-refractivity contribution in [2.45, 2.75) is 12.5 Å². The normalized spacial score (nSPS) is 21.6. The molecule has 1 aromatic carbocycles. The molecule has 1 amide bonds. The van der Waals surface area contributed by atoms with Crippen molar-refractivity contribution in [3.05, 3.63) is 63.2 Å². The first-order chi connectivity index (χ1) is 11.8. The first-order valence-corrected chi connectivity index (χ1v) is 8.05. The van der Waals surface area contributed by atoms with Gasteiger partial charge >= 0.3 is 0 Å². The third-order valence-electron chi connectivity index (χ3n) is 5.09. The standard InChI is InChI=1S/C20H12N2O2/c23-15-9-12-16-10-5-1-3-7-13(10)21-19(16)20-17(18(12)22-15)11-6-2-4-8-14(11)24-20/h1-5,7-9,13,21H,6H2. The second kappa shape index (κ2) is 4.03. The summed E-state index contributed by atoms with van der Waals surface area (Å²) in [5.74, 6) is -0.190. The fourth-order valence-electron chi connectivity index (χ4n) is 4.11. The summed E-state index contributed by atoms with van der Waals surface area (Å²) in [4.78, 5) is 16.4. The number of hydrogen-bond donors (Lipinski definition) is 1. The van der Waals surface area contributed by atoms with Gasteiger partial charge in [-0.1, -0.05) is 36.5 Å². The van der Waals surface area contributed by atoms with Crippen LogP contribution in [0.1, 0.15) is 5.56 Å². The molecule has 0 fully saturated rings. The lowest BCUT2D eigenvalue weighted by Gasteiger charge is -2.11. The number of fused-ring (bicyclic) bond motifs is 9. The van der Waals surface area contributed by atoms with Gasteiger partial charge in [-0.15, -0.1) is 0 Å². The molecule has 4 nitrogen and oxygen atoms in total. The first kappa shape index (κ1) is 12.3. The van der Waals surface area contributed by atoms with Crippen LogP contribution in [0.5, 0.6) is 0 Å². The van der Waals surface area contributed by atoms with E-state index in [9.17, 15) is 4.79 Å². The Balaban J connectivity index is 1.94. The predicted molar refractivity (Wildman–Crippen MR) is 92.1 cm³/mol. The summed E-state index contributed by atoms with van der Waals surface area (Å²) in [6.45, 7) is 0. The second-order valence-electron chi connectivity index (χ2n) is 6.38. The van der Waals surface area contributed by atoms with Crippen LogP contribution >= 0.6 is 0 Å². The van der Waals surface area contributed by atoms with Crippen molar-refractivity contribution in [2.24, 2.45) is 4.99 Å². The van der Waals surface area contributed by atoms with Crippen molar-refractivity contribution < 1.29 is 9.21 Å². The van der Waals surface area contributed by atoms with Crippen LogP contribution in [0.2, 0.25) is 0 Å². The Morgan fingerprint density at radius 1 is 1.25 bits per heavy atom. The van der Waals surface area contributed by atoms with Gasteiger partial charge < -0.3 is 9.73 Å². The number of allylic oxidation sites excluding steroid dienone is 4. The molecule has 1 N–H and O–H groups in total. The number of benzene rings is 1. The van der Waals surface area contributed by atoms with Crippen molar-refractivity contribution in [1.29, 1.82) is 0 Å². The predicted octanol–water partition coefficient (Wildman–Crippen LogP) is 0.337. The Morgan fingerprint density at radius 2 is 2.21 bits per heavy atom. The van der Waals surface area contributed by atoms with E-state index in [1.807, 2.05) is 24.3 Å². The largest absolute Gasteiger partial charge is 0.454 e. The molecule has 2 aromatic rings. The lowest BCUT2D eigenvalue weighted by Crippen LogP contribution is -2.38. The van der Waals surface area contributed by atoms with Crippen LogP contribution in [0.15, 0.2) is 45.9 Å². The Morgan fingerprint density at radius 3 is 3.17 bits per heavy atom. The third-order valence-corrected chi connectivity index (χ3v) is 5.09. The Kier molecular flexibility index (Phi) is 2.07. The van der Waals surface area contributed by atoms with Gasteiger partial charge in [0.1, 0.15) is 5.42 Å². The molecule has 0 bridgehead atoms. The lowest BCUT2D eigenvalue weighted by atomic mass is 9.99. The molecule has 1 atom stereocenters. The number of furan rings is 1. The van der Waals surface area contributed by atoms with Gasteiger partial charge in [0.05, 0.1) is 22.5 Å². The van der Waals surface area contributed by atoms with Gasteiger partial charge in [-0.2, -0.15) is 0 Å². The summed E-state index contributed by atoms with van der Waals surface area (Å²) < 4.78 is 6.18. The van der Waals surface area contributed by atoms with Crippen LogP contribution in [0.3, 0.4) is 0 Å². The Bertz CT molecular complexity index is 1320. The van der Waals surface area contributed by atoms with E-state index in [1.165, 1.54) is 5.57 Å². The van der Waals surface area contributed by atoms with E-state index in [4.69, 9.17) is 4.42 Å². The van der Waals surface area contributed by atoms with Crippen molar-refractivity contribution in [3.8, 4) is 0 Å². The Hall–Kier alpha value is -3.14. The monoisotopic (exact) mass is 312 g/mol. The highest BCUT2D eigenvalue weighted by atomic mass is 16.3. The number of carbonyl (C=O) groups is 1. The van der Waals surface area contributed by atoms with Gasteiger partial charge in [0.15, 0.2) is 5.58 Å². The molecule has 2 aliphatic carbocycles. The number of nitrogens with zero attached hydrogens (tertiary/aromatic N) is 1. The smallest absolute Gasteiger partial charge is 0.270 e. The average molecular weight is 312 g/mol. The molecule has 4 aliphatic rings. The van der Waals surface area contributed by atoms with Gasteiger partial charge in [-0.3, -0.25) is 4.79 Å². The topological polar surface area (TPSA) is 54.6 Å². The summed E-state index contributed by atoms with van der Waals surface area (Å²) >= 11 is 0. The highest BCUT2D eigenvalue weighted by Crippen LogP contribution is 2.28. The van der Waals surface area contributed by atoms with Crippen LogP contribution in [0.4, 0.5) is 5.69 Å². The molecule has 0 radical (unpaired) electrons. The van der Waals surface area contributed by atoms with Crippen molar-refractivity contribution in [2.75, 3.05) is 5.32 Å². The molecule has 0 saturated carbocycles.